The van der Waals surface area contributed by atoms with Crippen LogP contribution in [0.4, 0.5) is 5.69 Å². The van der Waals surface area contributed by atoms with E-state index in [9.17, 15) is 0 Å². The number of hydrogen-bond donors (Lipinski definition) is 1. The summed E-state index contributed by atoms with van der Waals surface area (Å²) in [4.78, 5) is 0. The van der Waals surface area contributed by atoms with E-state index in [0.717, 1.165) is 28.9 Å². The van der Waals surface area contributed by atoms with Crippen molar-refractivity contribution in [3.05, 3.63) is 57.9 Å². The molecule has 2 heterocycles. The van der Waals surface area contributed by atoms with Crippen molar-refractivity contribution < 1.29 is 4.74 Å². The molecule has 21 heavy (non-hydrogen) atoms. The van der Waals surface area contributed by atoms with Gasteiger partial charge in [0.05, 0.1) is 6.54 Å². The van der Waals surface area contributed by atoms with E-state index in [4.69, 9.17) is 4.74 Å². The minimum atomic E-state index is 0.201. The van der Waals surface area contributed by atoms with Crippen molar-refractivity contribution in [1.29, 1.82) is 0 Å². The Bertz CT molecular complexity index is 798. The third-order valence-electron chi connectivity index (χ3n) is 3.75. The summed E-state index contributed by atoms with van der Waals surface area (Å²) < 4.78 is 8.42. The molecule has 0 bridgehead atoms. The molecule has 1 aromatic heterocycles. The van der Waals surface area contributed by atoms with Crippen molar-refractivity contribution in [1.82, 2.24) is 0 Å². The van der Waals surface area contributed by atoms with E-state index in [-0.39, 0.29) is 6.10 Å². The summed E-state index contributed by atoms with van der Waals surface area (Å²) in [5.41, 5.74) is 2.44. The van der Waals surface area contributed by atoms with Crippen molar-refractivity contribution in [2.45, 2.75) is 12.5 Å². The summed E-state index contributed by atoms with van der Waals surface area (Å²) >= 11 is 5.28. The molecule has 0 aliphatic carbocycles. The predicted octanol–water partition coefficient (Wildman–Crippen LogP) is 5.08. The number of halogens is 1. The summed E-state index contributed by atoms with van der Waals surface area (Å²) in [6.45, 7) is 0.821. The first-order valence-electron chi connectivity index (χ1n) is 6.94. The van der Waals surface area contributed by atoms with Crippen LogP contribution in [0.5, 0.6) is 5.75 Å². The minimum Gasteiger partial charge on any atom is -0.488 e. The van der Waals surface area contributed by atoms with Crippen LogP contribution < -0.4 is 10.1 Å². The first-order chi connectivity index (χ1) is 10.3. The van der Waals surface area contributed by atoms with Gasteiger partial charge in [-0.1, -0.05) is 15.9 Å². The normalized spacial score (nSPS) is 16.7. The zero-order chi connectivity index (χ0) is 14.2. The standard InChI is InChI=1S/C17H14BrNOS/c18-13-1-3-16-12(7-13)9-15(20-16)10-19-14-2-4-17-11(8-14)5-6-21-17/h1-8,15,19H,9-10H2. The molecular formula is C17H14BrNOS. The van der Waals surface area contributed by atoms with Gasteiger partial charge >= 0.3 is 0 Å². The zero-order valence-electron chi connectivity index (χ0n) is 11.3. The highest BCUT2D eigenvalue weighted by Crippen LogP contribution is 2.31. The molecule has 0 spiro atoms. The van der Waals surface area contributed by atoms with Crippen molar-refractivity contribution >= 4 is 43.0 Å². The van der Waals surface area contributed by atoms with Crippen LogP contribution in [0, 0.1) is 0 Å². The number of benzene rings is 2. The lowest BCUT2D eigenvalue weighted by molar-refractivity contribution is 0.246. The zero-order valence-corrected chi connectivity index (χ0v) is 13.7. The van der Waals surface area contributed by atoms with E-state index < -0.39 is 0 Å². The van der Waals surface area contributed by atoms with Gasteiger partial charge in [0.25, 0.3) is 0 Å². The van der Waals surface area contributed by atoms with Gasteiger partial charge in [-0.15, -0.1) is 11.3 Å². The van der Waals surface area contributed by atoms with Crippen LogP contribution in [0.3, 0.4) is 0 Å². The van der Waals surface area contributed by atoms with Crippen molar-refractivity contribution in [2.75, 3.05) is 11.9 Å². The molecule has 0 saturated carbocycles. The second kappa shape index (κ2) is 5.35. The molecule has 2 nitrogen and oxygen atoms in total. The third-order valence-corrected chi connectivity index (χ3v) is 5.14. The van der Waals surface area contributed by atoms with E-state index in [1.807, 2.05) is 12.1 Å². The summed E-state index contributed by atoms with van der Waals surface area (Å²) in [5, 5.41) is 6.91. The molecule has 2 aromatic carbocycles. The van der Waals surface area contributed by atoms with Gasteiger partial charge in [0.2, 0.25) is 0 Å². The van der Waals surface area contributed by atoms with E-state index in [1.54, 1.807) is 11.3 Å². The molecule has 4 rings (SSSR count). The Morgan fingerprint density at radius 1 is 1.19 bits per heavy atom. The molecular weight excluding hydrogens is 346 g/mol. The van der Waals surface area contributed by atoms with Crippen LogP contribution >= 0.6 is 27.3 Å². The highest BCUT2D eigenvalue weighted by atomic mass is 79.9. The van der Waals surface area contributed by atoms with Crippen molar-refractivity contribution in [3.8, 4) is 5.75 Å². The van der Waals surface area contributed by atoms with Gasteiger partial charge in [-0.25, -0.2) is 0 Å². The Kier molecular flexibility index (Phi) is 3.36. The van der Waals surface area contributed by atoms with Crippen LogP contribution in [-0.4, -0.2) is 12.6 Å². The van der Waals surface area contributed by atoms with Crippen LogP contribution in [0.2, 0.25) is 0 Å². The molecule has 1 atom stereocenters. The first-order valence-corrected chi connectivity index (χ1v) is 8.61. The largest absolute Gasteiger partial charge is 0.488 e. The molecule has 1 aliphatic heterocycles. The Morgan fingerprint density at radius 3 is 3.10 bits per heavy atom. The van der Waals surface area contributed by atoms with E-state index in [1.165, 1.54) is 15.6 Å². The predicted molar refractivity (Wildman–Crippen MR) is 92.6 cm³/mol. The molecule has 106 valence electrons. The summed E-state index contributed by atoms with van der Waals surface area (Å²) in [6.07, 6.45) is 1.16. The van der Waals surface area contributed by atoms with Crippen molar-refractivity contribution in [3.63, 3.8) is 0 Å². The van der Waals surface area contributed by atoms with Crippen LogP contribution in [-0.2, 0) is 6.42 Å². The average molecular weight is 360 g/mol. The molecule has 0 fully saturated rings. The lowest BCUT2D eigenvalue weighted by Gasteiger charge is -2.13. The SMILES string of the molecule is Brc1ccc2c(c1)CC(CNc1ccc3sccc3c1)O2. The van der Waals surface area contributed by atoms with Crippen molar-refractivity contribution in [2.24, 2.45) is 0 Å². The average Bonchev–Trinajstić information content (AvgIpc) is 3.09. The fourth-order valence-electron chi connectivity index (χ4n) is 2.71. The van der Waals surface area contributed by atoms with Gasteiger partial charge in [0, 0.05) is 21.3 Å². The number of rotatable bonds is 3. The molecule has 1 unspecified atom stereocenters. The Labute approximate surface area is 135 Å². The smallest absolute Gasteiger partial charge is 0.123 e. The summed E-state index contributed by atoms with van der Waals surface area (Å²) in [7, 11) is 0. The Hall–Kier alpha value is -1.52. The van der Waals surface area contributed by atoms with Gasteiger partial charge in [0.1, 0.15) is 11.9 Å². The van der Waals surface area contributed by atoms with Gasteiger partial charge in [-0.2, -0.15) is 0 Å². The lowest BCUT2D eigenvalue weighted by atomic mass is 10.1. The lowest BCUT2D eigenvalue weighted by Crippen LogP contribution is -2.23. The quantitative estimate of drug-likeness (QED) is 0.703. The highest BCUT2D eigenvalue weighted by molar-refractivity contribution is 9.10. The number of hydrogen-bond acceptors (Lipinski definition) is 3. The first kappa shape index (κ1) is 13.2. The second-order valence-electron chi connectivity index (χ2n) is 5.25. The molecule has 0 saturated heterocycles. The van der Waals surface area contributed by atoms with E-state index in [2.05, 4.69) is 57.0 Å². The number of fused-ring (bicyclic) bond motifs is 2. The fraction of sp³-hybridized carbons (Fsp3) is 0.176. The number of ether oxygens (including phenoxy) is 1. The third kappa shape index (κ3) is 2.65. The van der Waals surface area contributed by atoms with E-state index in [0.29, 0.717) is 0 Å². The summed E-state index contributed by atoms with van der Waals surface area (Å²) in [5.74, 6) is 1.01. The molecule has 1 aliphatic rings. The molecule has 4 heteroatoms. The maximum absolute atomic E-state index is 5.97. The topological polar surface area (TPSA) is 21.3 Å². The van der Waals surface area contributed by atoms with Crippen LogP contribution in [0.1, 0.15) is 5.56 Å². The Balaban J connectivity index is 1.43. The Morgan fingerprint density at radius 2 is 2.14 bits per heavy atom. The number of anilines is 1. The van der Waals surface area contributed by atoms with Gasteiger partial charge < -0.3 is 10.1 Å². The van der Waals surface area contributed by atoms with Gasteiger partial charge in [-0.05, 0) is 58.8 Å². The van der Waals surface area contributed by atoms with Crippen LogP contribution in [0.15, 0.2) is 52.3 Å². The highest BCUT2D eigenvalue weighted by Gasteiger charge is 2.22. The molecule has 0 amide bonds. The van der Waals surface area contributed by atoms with E-state index >= 15 is 0 Å². The monoisotopic (exact) mass is 359 g/mol. The maximum Gasteiger partial charge on any atom is 0.123 e. The molecule has 1 N–H and O–H groups in total. The van der Waals surface area contributed by atoms with Gasteiger partial charge in [-0.3, -0.25) is 0 Å². The second-order valence-corrected chi connectivity index (χ2v) is 7.11. The maximum atomic E-state index is 5.97. The summed E-state index contributed by atoms with van der Waals surface area (Å²) in [6, 6.07) is 14.9. The minimum absolute atomic E-state index is 0.201. The number of nitrogens with one attached hydrogen (secondary N) is 1. The number of thiophene rings is 1. The molecule has 0 radical (unpaired) electrons. The molecule has 3 aromatic rings. The fourth-order valence-corrected chi connectivity index (χ4v) is 3.89. The van der Waals surface area contributed by atoms with Gasteiger partial charge in [0.15, 0.2) is 0 Å². The van der Waals surface area contributed by atoms with Crippen LogP contribution in [0.25, 0.3) is 10.1 Å².